The highest BCUT2D eigenvalue weighted by Crippen LogP contribution is 2.32. The molecule has 0 N–H and O–H groups in total. The van der Waals surface area contributed by atoms with Gasteiger partial charge in [0.2, 0.25) is 28.5 Å². The van der Waals surface area contributed by atoms with Crippen molar-refractivity contribution in [3.63, 3.8) is 0 Å². The van der Waals surface area contributed by atoms with E-state index in [4.69, 9.17) is 19.2 Å². The molecule has 0 unspecified atom stereocenters. The summed E-state index contributed by atoms with van der Waals surface area (Å²) in [5, 5.41) is 0. The van der Waals surface area contributed by atoms with Crippen molar-refractivity contribution in [3.05, 3.63) is 264 Å². The van der Waals surface area contributed by atoms with Crippen molar-refractivity contribution < 1.29 is 42.0 Å². The van der Waals surface area contributed by atoms with Gasteiger partial charge in [-0.05, 0) is 252 Å². The average molecular weight is 1220 g/mol. The van der Waals surface area contributed by atoms with Crippen LogP contribution in [-0.4, -0.2) is 0 Å². The second-order valence-corrected chi connectivity index (χ2v) is 25.7. The lowest BCUT2D eigenvalue weighted by atomic mass is 9.91. The van der Waals surface area contributed by atoms with Crippen LogP contribution in [0.25, 0.3) is 56.3 Å². The molecule has 91 heavy (non-hydrogen) atoms. The Bertz CT molecular complexity index is 4930. The van der Waals surface area contributed by atoms with Crippen LogP contribution in [0.3, 0.4) is 0 Å². The molecule has 0 atom stereocenters. The van der Waals surface area contributed by atoms with Crippen LogP contribution >= 0.6 is 0 Å². The highest BCUT2D eigenvalue weighted by atomic mass is 14.9. The van der Waals surface area contributed by atoms with Gasteiger partial charge < -0.3 is 0 Å². The molecule has 5 aromatic carbocycles. The lowest BCUT2D eigenvalue weighted by Crippen LogP contribution is -2.32. The van der Waals surface area contributed by atoms with Gasteiger partial charge >= 0.3 is 0 Å². The van der Waals surface area contributed by atoms with Gasteiger partial charge in [0.1, 0.15) is 35.2 Å². The Kier molecular flexibility index (Phi) is 16.0. The Morgan fingerprint density at radius 1 is 0.297 bits per heavy atom. The van der Waals surface area contributed by atoms with Crippen LogP contribution in [-0.2, 0) is 92.8 Å². The highest BCUT2D eigenvalue weighted by molar-refractivity contribution is 5.66. The SMILES string of the molecule is CCc1ccc(-c2ccc(C)cc2C)[n+](C)c1.Cc1ccc(-c2cc3c(c[n+]2C)CCC3)c(C)c1.Cc1ccc(-c2cc3c(c[n+]2C)CCCC3)c(C)c1.[2H]C([2H])([2H])c1ccc(-c2cc3c(c[n+]2C)C([2H])([2H])CC3([2H])[2H])c(C)c1.[2H]C([2H])([2H])c1ccc(-c2cc3c(c[n+]2C)C([2H])([2H])CCC3([2H])[2H])c(C)c1. The number of pyridine rings is 5. The zero-order valence-electron chi connectivity index (χ0n) is 70.5. The summed E-state index contributed by atoms with van der Waals surface area (Å²) in [7, 11) is 10.0. The Labute approximate surface area is 567 Å². The number of aromatic nitrogens is 5. The predicted molar refractivity (Wildman–Crippen MR) is 379 cm³/mol. The summed E-state index contributed by atoms with van der Waals surface area (Å²) >= 11 is 0. The summed E-state index contributed by atoms with van der Waals surface area (Å²) < 4.78 is 121. The quantitative estimate of drug-likeness (QED) is 0.148. The summed E-state index contributed by atoms with van der Waals surface area (Å²) in [4.78, 5) is 0. The molecular formula is C86H104N5+5. The molecule has 4 aliphatic rings. The highest BCUT2D eigenvalue weighted by Gasteiger charge is 2.24. The summed E-state index contributed by atoms with van der Waals surface area (Å²) in [6.45, 7) is 14.5. The van der Waals surface area contributed by atoms with Crippen LogP contribution in [0.1, 0.15) is 170 Å². The van der Waals surface area contributed by atoms with E-state index in [-0.39, 0.29) is 30.4 Å². The Balaban J connectivity index is 0.000000142. The molecule has 0 spiro atoms. The van der Waals surface area contributed by atoms with E-state index in [1.54, 1.807) is 101 Å². The molecule has 0 saturated heterocycles. The summed E-state index contributed by atoms with van der Waals surface area (Å²) in [6.07, 6.45) is 13.8. The summed E-state index contributed by atoms with van der Waals surface area (Å²) in [6, 6.07) is 42.6. The number of fused-ring (bicyclic) bond motifs is 4. The molecular weight excluding hydrogens is 1100 g/mol. The van der Waals surface area contributed by atoms with Crippen LogP contribution in [0, 0.1) is 69.1 Å². The number of rotatable bonds is 6. The van der Waals surface area contributed by atoms with Crippen molar-refractivity contribution in [1.82, 2.24) is 0 Å². The number of hydrogen-bond acceptors (Lipinski definition) is 0. The van der Waals surface area contributed by atoms with Gasteiger partial charge in [0.15, 0.2) is 31.0 Å². The van der Waals surface area contributed by atoms with Crippen molar-refractivity contribution in [2.75, 3.05) is 0 Å². The van der Waals surface area contributed by atoms with E-state index in [1.807, 2.05) is 13.8 Å². The molecule has 10 aromatic rings. The molecule has 0 amide bonds. The smallest absolute Gasteiger partial charge is 0.201 e. The third-order valence-corrected chi connectivity index (χ3v) is 18.4. The zero-order valence-corrected chi connectivity index (χ0v) is 56.5. The van der Waals surface area contributed by atoms with Gasteiger partial charge in [0.05, 0.1) is 0 Å². The molecule has 4 aliphatic carbocycles. The summed E-state index contributed by atoms with van der Waals surface area (Å²) in [5.74, 6) is 0. The molecule has 5 heteroatoms. The topological polar surface area (TPSA) is 19.4 Å². The molecule has 0 bridgehead atoms. The van der Waals surface area contributed by atoms with Crippen LogP contribution in [0.2, 0.25) is 0 Å². The third kappa shape index (κ3) is 15.8. The standard InChI is InChI=1S/2C18H22N.2C17H20N.C16H20N/c2*1-13-8-9-17(14(2)10-13)18-11-15-6-4-5-7-16(15)12-19(18)3;2*1-12-7-8-16(13(2)9-12)17-10-14-5-4-6-15(14)11-18(17)3;1-5-14-7-9-16(17(4)11-14)15-8-6-12(2)10-13(15)3/h2*8-12H,4-7H2,1-3H3;2*7-11H,4-6H2,1-3H3;6-11H,5H2,1-4H3/q5*+1/i1D3,6D2,7D2;;1D3,5D2,6D2;;. The maximum absolute atomic E-state index is 8.30. The van der Waals surface area contributed by atoms with Crippen LogP contribution in [0.15, 0.2) is 158 Å². The van der Waals surface area contributed by atoms with E-state index < -0.39 is 39.2 Å². The molecule has 0 aliphatic heterocycles. The van der Waals surface area contributed by atoms with E-state index in [2.05, 4.69) is 181 Å². The van der Waals surface area contributed by atoms with Gasteiger partial charge in [-0.25, -0.2) is 22.8 Å². The van der Waals surface area contributed by atoms with Crippen LogP contribution in [0.4, 0.5) is 0 Å². The maximum Gasteiger partial charge on any atom is 0.212 e. The Hall–Kier alpha value is -8.15. The normalized spacial score (nSPS) is 18.1. The molecule has 0 saturated carbocycles. The first-order chi connectivity index (χ1) is 49.1. The first-order valence-electron chi connectivity index (χ1n) is 39.6. The van der Waals surface area contributed by atoms with E-state index in [9.17, 15) is 0 Å². The van der Waals surface area contributed by atoms with Crippen molar-refractivity contribution in [1.29, 1.82) is 0 Å². The summed E-state index contributed by atoms with van der Waals surface area (Å²) in [5.41, 5.74) is 30.3. The molecule has 5 nitrogen and oxygen atoms in total. The lowest BCUT2D eigenvalue weighted by Gasteiger charge is -2.15. The van der Waals surface area contributed by atoms with E-state index in [0.717, 1.165) is 40.1 Å². The van der Waals surface area contributed by atoms with Crippen LogP contribution < -0.4 is 22.8 Å². The first kappa shape index (κ1) is 49.5. The van der Waals surface area contributed by atoms with E-state index >= 15 is 0 Å². The fraction of sp³-hybridized carbons (Fsp3) is 0.360. The minimum atomic E-state index is -2.17. The van der Waals surface area contributed by atoms with E-state index in [1.165, 1.54) is 123 Å². The van der Waals surface area contributed by atoms with Crippen molar-refractivity contribution >= 4 is 0 Å². The Morgan fingerprint density at radius 3 is 1.00 bits per heavy atom. The van der Waals surface area contributed by atoms with Gasteiger partial charge in [-0.3, -0.25) is 0 Å². The average Bonchev–Trinajstić information content (AvgIpc) is 1.38. The fourth-order valence-corrected chi connectivity index (χ4v) is 13.4. The Morgan fingerprint density at radius 2 is 0.604 bits per heavy atom. The third-order valence-electron chi connectivity index (χ3n) is 18.4. The second-order valence-electron chi connectivity index (χ2n) is 25.7. The van der Waals surface area contributed by atoms with E-state index in [0.29, 0.717) is 22.3 Å². The van der Waals surface area contributed by atoms with Gasteiger partial charge in [-0.2, -0.15) is 0 Å². The molecule has 14 rings (SSSR count). The zero-order chi connectivity index (χ0) is 76.8. The van der Waals surface area contributed by atoms with Crippen LogP contribution in [0.5, 0.6) is 0 Å². The van der Waals surface area contributed by atoms with Crippen molar-refractivity contribution in [2.45, 2.75) is 172 Å². The van der Waals surface area contributed by atoms with Gasteiger partial charge in [-0.1, -0.05) is 95.4 Å². The van der Waals surface area contributed by atoms with Gasteiger partial charge in [-0.15, -0.1) is 0 Å². The predicted octanol–water partition coefficient (Wildman–Crippen LogP) is 17.3. The monoisotopic (exact) mass is 1220 g/mol. The molecule has 5 aromatic heterocycles. The minimum Gasteiger partial charge on any atom is -0.201 e. The minimum absolute atomic E-state index is 0.136. The maximum atomic E-state index is 8.30. The number of aryl methyl sites for hydroxylation is 24. The first-order valence-corrected chi connectivity index (χ1v) is 32.6. The van der Waals surface area contributed by atoms with Gasteiger partial charge in [0, 0.05) is 105 Å². The van der Waals surface area contributed by atoms with Crippen molar-refractivity contribution in [2.24, 2.45) is 35.2 Å². The number of benzene rings is 5. The molecule has 0 radical (unpaired) electrons. The van der Waals surface area contributed by atoms with Crippen molar-refractivity contribution in [3.8, 4) is 56.3 Å². The largest absolute Gasteiger partial charge is 0.212 e. The number of hydrogen-bond donors (Lipinski definition) is 0. The fourth-order valence-electron chi connectivity index (χ4n) is 13.4. The lowest BCUT2D eigenvalue weighted by molar-refractivity contribution is -0.661. The molecule has 0 fully saturated rings. The molecule has 468 valence electrons. The number of nitrogens with zero attached hydrogens (tertiary/aromatic N) is 5. The molecule has 5 heterocycles. The van der Waals surface area contributed by atoms with Gasteiger partial charge in [0.25, 0.3) is 0 Å². The second kappa shape index (κ2) is 29.4.